The summed E-state index contributed by atoms with van der Waals surface area (Å²) in [6.45, 7) is 29.7. The van der Waals surface area contributed by atoms with Gasteiger partial charge in [0.15, 0.2) is 0 Å². The van der Waals surface area contributed by atoms with E-state index in [9.17, 15) is 0 Å². The van der Waals surface area contributed by atoms with Crippen LogP contribution < -0.4 is 0 Å². The molecular weight excluding hydrogens is 768 g/mol. The van der Waals surface area contributed by atoms with E-state index in [0.29, 0.717) is 0 Å². The van der Waals surface area contributed by atoms with Crippen molar-refractivity contribution in [3.63, 3.8) is 0 Å². The molecule has 2 heteroatoms. The minimum Gasteiger partial charge on any atom is -0.0721 e. The Kier molecular flexibility index (Phi) is 12.6. The summed E-state index contributed by atoms with van der Waals surface area (Å²) in [6, 6.07) is 20.6. The van der Waals surface area contributed by atoms with Gasteiger partial charge in [0.2, 0.25) is 0 Å². The van der Waals surface area contributed by atoms with Gasteiger partial charge in [0.05, 0.1) is 8.07 Å². The molecule has 10 radical (unpaired) electrons. The van der Waals surface area contributed by atoms with Gasteiger partial charge in [0, 0.05) is 23.7 Å². The first-order valence-corrected chi connectivity index (χ1v) is 23.8. The Labute approximate surface area is 363 Å². The molecular formula is C54H64SiZr+2. The fraction of sp³-hybridized carbons (Fsp3) is 0.370. The van der Waals surface area contributed by atoms with Gasteiger partial charge in [0.1, 0.15) is 0 Å². The van der Waals surface area contributed by atoms with Crippen LogP contribution in [-0.2, 0) is 26.2 Å². The normalized spacial score (nSPS) is 25.6. The minimum absolute atomic E-state index is 0. The summed E-state index contributed by atoms with van der Waals surface area (Å²) in [5, 5.41) is 0. The Morgan fingerprint density at radius 3 is 1.09 bits per heavy atom. The van der Waals surface area contributed by atoms with Crippen LogP contribution in [0, 0.1) is 81.1 Å². The van der Waals surface area contributed by atoms with E-state index >= 15 is 0 Å². The second-order valence-corrected chi connectivity index (χ2v) is 24.3. The number of rotatable bonds is 5. The molecule has 2 aromatic carbocycles. The van der Waals surface area contributed by atoms with E-state index in [1.54, 1.807) is 33.4 Å². The summed E-state index contributed by atoms with van der Waals surface area (Å²) < 4.78 is 0. The van der Waals surface area contributed by atoms with Crippen LogP contribution in [0.4, 0.5) is 0 Å². The molecule has 0 nitrogen and oxygen atoms in total. The van der Waals surface area contributed by atoms with Crippen molar-refractivity contribution in [2.45, 2.75) is 108 Å². The summed E-state index contributed by atoms with van der Waals surface area (Å²) in [6.07, 6.45) is 28.8. The van der Waals surface area contributed by atoms with Gasteiger partial charge in [-0.05, 0) is 117 Å². The summed E-state index contributed by atoms with van der Waals surface area (Å²) in [5.74, 6) is 8.96. The average molecular weight is 832 g/mol. The second kappa shape index (κ2) is 16.2. The van der Waals surface area contributed by atoms with E-state index in [0.717, 1.165) is 0 Å². The fourth-order valence-electron chi connectivity index (χ4n) is 10.2. The molecule has 6 aliphatic carbocycles. The minimum atomic E-state index is -2.02. The van der Waals surface area contributed by atoms with Crippen molar-refractivity contribution in [1.82, 2.24) is 0 Å². The maximum atomic E-state index is 2.64. The van der Waals surface area contributed by atoms with Crippen LogP contribution in [0.5, 0.6) is 0 Å². The molecule has 0 spiro atoms. The number of benzene rings is 2. The SMILES string of the molecule is C(/C=C/c1ccccc1)=C\c1ccccc1.C[C]1[CH][C]2C=C3C(=C[C]2[C]1[Si](C)(C)[C]1[C](C)[CH][C]2C=C4C(=C[C]21)C(C)(C)CCC4(C)C)C(C)(C)CCC3(C)C.[Zr+2]. The monoisotopic (exact) mass is 830 g/mol. The van der Waals surface area contributed by atoms with Crippen LogP contribution in [0.15, 0.2) is 119 Å². The van der Waals surface area contributed by atoms with Crippen molar-refractivity contribution < 1.29 is 26.2 Å². The largest absolute Gasteiger partial charge is 2.00 e. The number of hydrogen-bond donors (Lipinski definition) is 0. The topological polar surface area (TPSA) is 0 Å². The van der Waals surface area contributed by atoms with Crippen molar-refractivity contribution in [1.29, 1.82) is 0 Å². The quantitative estimate of drug-likeness (QED) is 0.208. The number of hydrogen-bond acceptors (Lipinski definition) is 0. The summed E-state index contributed by atoms with van der Waals surface area (Å²) in [4.78, 5) is 0. The van der Waals surface area contributed by atoms with Gasteiger partial charge in [-0.1, -0.05) is 192 Å². The van der Waals surface area contributed by atoms with Gasteiger partial charge >= 0.3 is 26.2 Å². The zero-order valence-electron chi connectivity index (χ0n) is 36.4. The maximum absolute atomic E-state index is 2.64. The first-order valence-electron chi connectivity index (χ1n) is 20.8. The van der Waals surface area contributed by atoms with E-state index in [1.165, 1.54) is 72.3 Å². The van der Waals surface area contributed by atoms with Gasteiger partial charge in [-0.3, -0.25) is 0 Å². The van der Waals surface area contributed by atoms with E-state index in [2.05, 4.69) is 168 Å². The molecule has 0 unspecified atom stereocenters. The Morgan fingerprint density at radius 1 is 0.464 bits per heavy atom. The Morgan fingerprint density at radius 2 is 0.768 bits per heavy atom. The first kappa shape index (κ1) is 43.6. The molecule has 2 aromatic rings. The molecule has 0 amide bonds. The van der Waals surface area contributed by atoms with Crippen molar-refractivity contribution in [2.75, 3.05) is 0 Å². The Balaban J connectivity index is 0.000000263. The van der Waals surface area contributed by atoms with E-state index in [1.807, 2.05) is 36.4 Å². The van der Waals surface area contributed by atoms with Crippen LogP contribution in [0.3, 0.4) is 0 Å². The third kappa shape index (κ3) is 8.38. The standard InChI is InChI=1S/C38H50Si.C16H14.Zr/c1-23-17-25-19-29-31(37(7,8)15-13-35(29,3)4)21-27(25)33(23)39(11,12)34-24(2)18-26-20-30-32(22-28(26)34)38(9,10)16-14-36(30,5)6;1-3-9-15(10-4-1)13-7-8-14-16-11-5-2-6-12-16;/h17-22H,13-16H2,1-12H3;1-14H;/q;;+2/b;13-7+,14-8+;. The van der Waals surface area contributed by atoms with Crippen LogP contribution >= 0.6 is 0 Å². The average Bonchev–Trinajstić information content (AvgIpc) is 3.66. The third-order valence-corrected chi connectivity index (χ3v) is 17.5. The van der Waals surface area contributed by atoms with Gasteiger partial charge < -0.3 is 0 Å². The zero-order chi connectivity index (χ0) is 39.6. The van der Waals surface area contributed by atoms with Crippen LogP contribution in [0.25, 0.3) is 12.2 Å². The molecule has 6 aliphatic rings. The van der Waals surface area contributed by atoms with Crippen LogP contribution in [0.2, 0.25) is 13.1 Å². The molecule has 56 heavy (non-hydrogen) atoms. The molecule has 8 rings (SSSR count). The molecule has 4 saturated carbocycles. The molecule has 4 fully saturated rings. The molecule has 286 valence electrons. The van der Waals surface area contributed by atoms with Crippen LogP contribution in [-0.4, -0.2) is 8.07 Å². The number of fused-ring (bicyclic) bond motifs is 4. The summed E-state index contributed by atoms with van der Waals surface area (Å²) >= 11 is 0. The maximum Gasteiger partial charge on any atom is 2.00 e. The van der Waals surface area contributed by atoms with Gasteiger partial charge in [0.25, 0.3) is 0 Å². The Bertz CT molecular complexity index is 1760. The van der Waals surface area contributed by atoms with Crippen LogP contribution in [0.1, 0.15) is 106 Å². The van der Waals surface area contributed by atoms with E-state index in [-0.39, 0.29) is 47.9 Å². The molecule has 0 saturated heterocycles. The Hall–Kier alpha value is -2.02. The predicted molar refractivity (Wildman–Crippen MR) is 240 cm³/mol. The van der Waals surface area contributed by atoms with Gasteiger partial charge in [-0.25, -0.2) is 0 Å². The van der Waals surface area contributed by atoms with Gasteiger partial charge in [-0.15, -0.1) is 0 Å². The van der Waals surface area contributed by atoms with Crippen molar-refractivity contribution in [2.24, 2.45) is 21.7 Å². The smallest absolute Gasteiger partial charge is 0.0721 e. The van der Waals surface area contributed by atoms with E-state index < -0.39 is 8.07 Å². The molecule has 0 aliphatic heterocycles. The molecule has 0 atom stereocenters. The third-order valence-electron chi connectivity index (χ3n) is 13.7. The zero-order valence-corrected chi connectivity index (χ0v) is 39.8. The van der Waals surface area contributed by atoms with E-state index in [4.69, 9.17) is 0 Å². The van der Waals surface area contributed by atoms with Gasteiger partial charge in [-0.2, -0.15) is 0 Å². The molecule has 0 N–H and O–H groups in total. The predicted octanol–water partition coefficient (Wildman–Crippen LogP) is 14.7. The van der Waals surface area contributed by atoms with Crippen molar-refractivity contribution in [3.8, 4) is 0 Å². The molecule has 0 aromatic heterocycles. The molecule has 0 heterocycles. The summed E-state index contributed by atoms with van der Waals surface area (Å²) in [7, 11) is -2.02. The van der Waals surface area contributed by atoms with Crippen molar-refractivity contribution in [3.05, 3.63) is 190 Å². The fourth-order valence-corrected chi connectivity index (χ4v) is 14.4. The second-order valence-electron chi connectivity index (χ2n) is 20.1. The number of allylic oxidation sites excluding steroid dienone is 10. The first-order chi connectivity index (χ1) is 25.8. The summed E-state index contributed by atoms with van der Waals surface area (Å²) in [5.41, 5.74) is 13.0. The van der Waals surface area contributed by atoms with Crippen molar-refractivity contribution >= 4 is 20.2 Å². The molecule has 0 bridgehead atoms.